The van der Waals surface area contributed by atoms with Crippen molar-refractivity contribution in [2.24, 2.45) is 9.98 Å². The summed E-state index contributed by atoms with van der Waals surface area (Å²) in [4.78, 5) is 10.4. The molecule has 0 heterocycles. The zero-order chi connectivity index (χ0) is 35.0. The first kappa shape index (κ1) is 36.7. The van der Waals surface area contributed by atoms with Crippen molar-refractivity contribution in [3.8, 4) is 33.4 Å². The third-order valence-corrected chi connectivity index (χ3v) is 9.67. The van der Waals surface area contributed by atoms with E-state index in [-0.39, 0.29) is 0 Å². The highest BCUT2D eigenvalue weighted by Crippen LogP contribution is 2.38. The van der Waals surface area contributed by atoms with E-state index in [4.69, 9.17) is 9.98 Å². The zero-order valence-electron chi connectivity index (χ0n) is 30.9. The van der Waals surface area contributed by atoms with Crippen molar-refractivity contribution in [2.75, 3.05) is 0 Å². The standard InChI is InChI=1S/C48H56N2/c1-5-9-12-22-31-45-47(38-26-18-14-19-27-38)34-43(35-48(45)39-28-20-15-21-29-39)50-41(8-4)36-49-42-32-40(23-10-6-2)44(30-11-7-3)46(33-42)37-24-16-13-17-25-37/h13-21,24-29,32-36H,5-12,22-23,30-31H2,1-4H3. The van der Waals surface area contributed by atoms with Gasteiger partial charge in [-0.25, -0.2) is 0 Å². The summed E-state index contributed by atoms with van der Waals surface area (Å²) in [5.41, 5.74) is 15.0. The van der Waals surface area contributed by atoms with E-state index in [1.54, 1.807) is 0 Å². The molecule has 0 fully saturated rings. The second-order valence-corrected chi connectivity index (χ2v) is 13.5. The summed E-state index contributed by atoms with van der Waals surface area (Å²) in [5.74, 6) is 0. The summed E-state index contributed by atoms with van der Waals surface area (Å²) in [7, 11) is 0. The minimum atomic E-state index is 0.798. The minimum Gasteiger partial charge on any atom is -0.255 e. The molecule has 0 aliphatic carbocycles. The summed E-state index contributed by atoms with van der Waals surface area (Å²) in [5, 5.41) is 0. The molecule has 0 aliphatic rings. The fourth-order valence-electron chi connectivity index (χ4n) is 6.89. The van der Waals surface area contributed by atoms with Crippen LogP contribution in [0.4, 0.5) is 11.4 Å². The zero-order valence-corrected chi connectivity index (χ0v) is 30.9. The van der Waals surface area contributed by atoms with E-state index in [0.29, 0.717) is 0 Å². The van der Waals surface area contributed by atoms with Gasteiger partial charge >= 0.3 is 0 Å². The molecule has 0 bridgehead atoms. The number of aryl methyl sites for hydroxylation is 1. The molecule has 0 saturated heterocycles. The molecule has 0 aromatic heterocycles. The van der Waals surface area contributed by atoms with Crippen molar-refractivity contribution in [3.63, 3.8) is 0 Å². The summed E-state index contributed by atoms with van der Waals surface area (Å²) in [6.07, 6.45) is 15.7. The molecule has 0 saturated carbocycles. The van der Waals surface area contributed by atoms with Crippen molar-refractivity contribution in [1.29, 1.82) is 0 Å². The highest BCUT2D eigenvalue weighted by Gasteiger charge is 2.16. The quantitative estimate of drug-likeness (QED) is 0.0660. The second kappa shape index (κ2) is 19.6. The van der Waals surface area contributed by atoms with Gasteiger partial charge in [0.05, 0.1) is 17.1 Å². The molecule has 0 unspecified atom stereocenters. The van der Waals surface area contributed by atoms with Gasteiger partial charge in [0, 0.05) is 6.21 Å². The van der Waals surface area contributed by atoms with Crippen LogP contribution in [0.25, 0.3) is 33.4 Å². The molecule has 5 aromatic rings. The monoisotopic (exact) mass is 660 g/mol. The maximum absolute atomic E-state index is 5.29. The van der Waals surface area contributed by atoms with E-state index in [0.717, 1.165) is 42.8 Å². The number of hydrogen-bond donors (Lipinski definition) is 0. The first-order valence-corrected chi connectivity index (χ1v) is 19.3. The highest BCUT2D eigenvalue weighted by molar-refractivity contribution is 6.31. The van der Waals surface area contributed by atoms with E-state index < -0.39 is 0 Å². The van der Waals surface area contributed by atoms with Gasteiger partial charge in [-0.05, 0) is 119 Å². The van der Waals surface area contributed by atoms with Gasteiger partial charge in [0.25, 0.3) is 0 Å². The second-order valence-electron chi connectivity index (χ2n) is 13.5. The molecule has 2 heteroatoms. The molecule has 0 aliphatic heterocycles. The summed E-state index contributed by atoms with van der Waals surface area (Å²) in [6, 6.07) is 41.8. The molecule has 5 aromatic carbocycles. The average Bonchev–Trinajstić information content (AvgIpc) is 3.17. The van der Waals surface area contributed by atoms with Crippen molar-refractivity contribution in [3.05, 3.63) is 132 Å². The molecule has 2 nitrogen and oxygen atoms in total. The lowest BCUT2D eigenvalue weighted by atomic mass is 9.88. The molecular formula is C48H56N2. The molecule has 5 rings (SSSR count). The predicted octanol–water partition coefficient (Wildman–Crippen LogP) is 14.4. The molecule has 0 N–H and O–H groups in total. The molecule has 0 spiro atoms. The maximum Gasteiger partial charge on any atom is 0.0646 e. The van der Waals surface area contributed by atoms with E-state index >= 15 is 0 Å². The third kappa shape index (κ3) is 10.0. The van der Waals surface area contributed by atoms with Crippen molar-refractivity contribution in [1.82, 2.24) is 0 Å². The normalized spacial score (nSPS) is 11.8. The molecular weight excluding hydrogens is 605 g/mol. The van der Waals surface area contributed by atoms with Crippen LogP contribution >= 0.6 is 0 Å². The van der Waals surface area contributed by atoms with E-state index in [1.807, 2.05) is 6.21 Å². The van der Waals surface area contributed by atoms with E-state index in [1.165, 1.54) is 101 Å². The van der Waals surface area contributed by atoms with Crippen molar-refractivity contribution in [2.45, 2.75) is 105 Å². The lowest BCUT2D eigenvalue weighted by molar-refractivity contribution is 0.667. The SMILES string of the molecule is CCCCCCc1c(-c2ccccc2)cc(N=C(C=Nc2cc(CCCC)c(CCCC)c(-c3ccccc3)c2)CC)cc1-c1ccccc1. The fourth-order valence-corrected chi connectivity index (χ4v) is 6.89. The van der Waals surface area contributed by atoms with Crippen LogP contribution in [0.2, 0.25) is 0 Å². The lowest BCUT2D eigenvalue weighted by Gasteiger charge is -2.18. The Hall–Kier alpha value is -4.56. The molecule has 258 valence electrons. The number of nitrogens with zero attached hydrogens (tertiary/aromatic N) is 2. The van der Waals surface area contributed by atoms with Crippen LogP contribution in [-0.4, -0.2) is 11.9 Å². The molecule has 0 amide bonds. The Morgan fingerprint density at radius 2 is 0.960 bits per heavy atom. The highest BCUT2D eigenvalue weighted by atomic mass is 14.8. The van der Waals surface area contributed by atoms with Crippen molar-refractivity contribution < 1.29 is 0 Å². The Morgan fingerprint density at radius 3 is 1.48 bits per heavy atom. The van der Waals surface area contributed by atoms with Crippen LogP contribution in [-0.2, 0) is 19.3 Å². The Kier molecular flexibility index (Phi) is 14.4. The third-order valence-electron chi connectivity index (χ3n) is 9.67. The van der Waals surface area contributed by atoms with Gasteiger partial charge in [-0.3, -0.25) is 9.98 Å². The summed E-state index contributed by atoms with van der Waals surface area (Å²) >= 11 is 0. The van der Waals surface area contributed by atoms with Crippen LogP contribution in [0.5, 0.6) is 0 Å². The fraction of sp³-hybridized carbons (Fsp3) is 0.333. The van der Waals surface area contributed by atoms with Gasteiger partial charge in [0.2, 0.25) is 0 Å². The number of rotatable bonds is 18. The first-order chi connectivity index (χ1) is 24.6. The smallest absolute Gasteiger partial charge is 0.0646 e. The maximum atomic E-state index is 5.29. The first-order valence-electron chi connectivity index (χ1n) is 19.3. The van der Waals surface area contributed by atoms with Gasteiger partial charge in [-0.15, -0.1) is 0 Å². The largest absolute Gasteiger partial charge is 0.255 e. The number of benzene rings is 5. The molecule has 50 heavy (non-hydrogen) atoms. The predicted molar refractivity (Wildman–Crippen MR) is 220 cm³/mol. The topological polar surface area (TPSA) is 24.7 Å². The lowest BCUT2D eigenvalue weighted by Crippen LogP contribution is -2.00. The van der Waals surface area contributed by atoms with Gasteiger partial charge < -0.3 is 0 Å². The molecule has 0 atom stereocenters. The Morgan fingerprint density at radius 1 is 0.480 bits per heavy atom. The van der Waals surface area contributed by atoms with Crippen LogP contribution in [0.1, 0.15) is 102 Å². The van der Waals surface area contributed by atoms with Gasteiger partial charge in [-0.2, -0.15) is 0 Å². The summed E-state index contributed by atoms with van der Waals surface area (Å²) in [6.45, 7) is 9.02. The number of unbranched alkanes of at least 4 members (excludes halogenated alkanes) is 5. The van der Waals surface area contributed by atoms with Crippen molar-refractivity contribution >= 4 is 23.3 Å². The Labute approximate surface area is 302 Å². The number of hydrogen-bond acceptors (Lipinski definition) is 2. The average molecular weight is 661 g/mol. The van der Waals surface area contributed by atoms with Crippen LogP contribution in [0.3, 0.4) is 0 Å². The van der Waals surface area contributed by atoms with Crippen LogP contribution < -0.4 is 0 Å². The summed E-state index contributed by atoms with van der Waals surface area (Å²) < 4.78 is 0. The van der Waals surface area contributed by atoms with Gasteiger partial charge in [0.1, 0.15) is 0 Å². The minimum absolute atomic E-state index is 0.798. The van der Waals surface area contributed by atoms with Gasteiger partial charge in [-0.1, -0.05) is 151 Å². The van der Waals surface area contributed by atoms with Crippen LogP contribution in [0.15, 0.2) is 125 Å². The Balaban J connectivity index is 1.59. The number of aliphatic imine (C=N–C) groups is 2. The van der Waals surface area contributed by atoms with E-state index in [2.05, 4.69) is 143 Å². The van der Waals surface area contributed by atoms with E-state index in [9.17, 15) is 0 Å². The molecule has 0 radical (unpaired) electrons. The Bertz CT molecular complexity index is 1760. The van der Waals surface area contributed by atoms with Crippen LogP contribution in [0, 0.1) is 0 Å². The van der Waals surface area contributed by atoms with Gasteiger partial charge in [0.15, 0.2) is 0 Å².